The maximum Gasteiger partial charge on any atom is 0.259 e. The van der Waals surface area contributed by atoms with Crippen molar-refractivity contribution in [2.75, 3.05) is 10.0 Å². The lowest BCUT2D eigenvalue weighted by Crippen LogP contribution is -2.16. The molecule has 0 atom stereocenters. The van der Waals surface area contributed by atoms with E-state index in [9.17, 15) is 13.2 Å². The van der Waals surface area contributed by atoms with Gasteiger partial charge in [-0.25, -0.2) is 8.42 Å². The third-order valence-electron chi connectivity index (χ3n) is 4.40. The van der Waals surface area contributed by atoms with Gasteiger partial charge in [0, 0.05) is 10.7 Å². The highest BCUT2D eigenvalue weighted by molar-refractivity contribution is 7.91. The number of hydrogen-bond acceptors (Lipinski definition) is 4. The van der Waals surface area contributed by atoms with Crippen LogP contribution in [0.25, 0.3) is 0 Å². The van der Waals surface area contributed by atoms with Crippen molar-refractivity contribution in [2.45, 2.75) is 12.7 Å². The molecule has 1 heterocycles. The highest BCUT2D eigenvalue weighted by atomic mass is 35.5. The van der Waals surface area contributed by atoms with Gasteiger partial charge < -0.3 is 10.1 Å². The number of aryl methyl sites for hydroxylation is 1. The van der Waals surface area contributed by atoms with E-state index >= 15 is 0 Å². The zero-order chi connectivity index (χ0) is 20.6. The Bertz CT molecular complexity index is 1230. The molecular formula is C21H17ClN2O4S. The number of nitrogens with one attached hydrogen (secondary N) is 2. The summed E-state index contributed by atoms with van der Waals surface area (Å²) >= 11 is 6.06. The first kappa shape index (κ1) is 19.3. The number of sulfonamides is 1. The fraction of sp³-hybridized carbons (Fsp3) is 0.0952. The number of rotatable bonds is 4. The average Bonchev–Trinajstić information content (AvgIpc) is 2.79. The summed E-state index contributed by atoms with van der Waals surface area (Å²) in [6.45, 7) is 1.91. The summed E-state index contributed by atoms with van der Waals surface area (Å²) in [5.74, 6) is 0.211. The SMILES string of the molecule is Cc1ccc2c(c1)NC(=O)c1cc(NS(=O)(=O)Cc3ccccc3Cl)ccc1O2. The number of ether oxygens (including phenoxy) is 1. The van der Waals surface area contributed by atoms with Gasteiger partial charge in [-0.15, -0.1) is 0 Å². The second-order valence-electron chi connectivity index (χ2n) is 6.72. The Labute approximate surface area is 173 Å². The predicted octanol–water partition coefficient (Wildman–Crippen LogP) is 4.95. The van der Waals surface area contributed by atoms with Crippen LogP contribution in [0.4, 0.5) is 11.4 Å². The Morgan fingerprint density at radius 3 is 2.59 bits per heavy atom. The molecule has 0 bridgehead atoms. The fourth-order valence-electron chi connectivity index (χ4n) is 3.03. The number of carbonyl (C=O) groups is 1. The van der Waals surface area contributed by atoms with Crippen molar-refractivity contribution in [1.29, 1.82) is 0 Å². The summed E-state index contributed by atoms with van der Waals surface area (Å²) in [5.41, 5.74) is 2.52. The van der Waals surface area contributed by atoms with Crippen LogP contribution in [0.1, 0.15) is 21.5 Å². The predicted molar refractivity (Wildman–Crippen MR) is 113 cm³/mol. The first-order valence-electron chi connectivity index (χ1n) is 8.78. The van der Waals surface area contributed by atoms with E-state index in [4.69, 9.17) is 16.3 Å². The molecule has 1 amide bonds. The topological polar surface area (TPSA) is 84.5 Å². The molecule has 2 N–H and O–H groups in total. The van der Waals surface area contributed by atoms with E-state index in [1.54, 1.807) is 42.5 Å². The van der Waals surface area contributed by atoms with Gasteiger partial charge in [0.2, 0.25) is 10.0 Å². The maximum absolute atomic E-state index is 12.6. The normalized spacial score (nSPS) is 12.8. The second-order valence-corrected chi connectivity index (χ2v) is 8.85. The van der Waals surface area contributed by atoms with Gasteiger partial charge >= 0.3 is 0 Å². The van der Waals surface area contributed by atoms with Gasteiger partial charge in [0.15, 0.2) is 5.75 Å². The number of anilines is 2. The summed E-state index contributed by atoms with van der Waals surface area (Å²) in [6.07, 6.45) is 0. The second kappa shape index (κ2) is 7.42. The third kappa shape index (κ3) is 4.21. The molecule has 0 unspecified atom stereocenters. The lowest BCUT2D eigenvalue weighted by Gasteiger charge is -2.12. The van der Waals surface area contributed by atoms with Gasteiger partial charge in [0.05, 0.1) is 17.0 Å². The van der Waals surface area contributed by atoms with Gasteiger partial charge in [-0.05, 0) is 54.4 Å². The van der Waals surface area contributed by atoms with Crippen molar-refractivity contribution in [2.24, 2.45) is 0 Å². The number of halogens is 1. The molecule has 0 spiro atoms. The molecule has 0 aliphatic carbocycles. The average molecular weight is 429 g/mol. The number of hydrogen-bond donors (Lipinski definition) is 2. The van der Waals surface area contributed by atoms with E-state index in [2.05, 4.69) is 10.0 Å². The zero-order valence-electron chi connectivity index (χ0n) is 15.4. The quantitative estimate of drug-likeness (QED) is 0.615. The summed E-state index contributed by atoms with van der Waals surface area (Å²) in [7, 11) is -3.73. The van der Waals surface area contributed by atoms with Crippen molar-refractivity contribution in [1.82, 2.24) is 0 Å². The monoisotopic (exact) mass is 428 g/mol. The number of carbonyl (C=O) groups excluding carboxylic acids is 1. The summed E-state index contributed by atoms with van der Waals surface area (Å²) in [4.78, 5) is 12.6. The fourth-order valence-corrected chi connectivity index (χ4v) is 4.54. The Morgan fingerprint density at radius 2 is 1.79 bits per heavy atom. The third-order valence-corrected chi connectivity index (χ3v) is 6.01. The van der Waals surface area contributed by atoms with Crippen molar-refractivity contribution in [3.05, 3.63) is 82.4 Å². The van der Waals surface area contributed by atoms with Gasteiger partial charge in [0.25, 0.3) is 5.91 Å². The molecule has 0 saturated heterocycles. The first-order chi connectivity index (χ1) is 13.8. The largest absolute Gasteiger partial charge is 0.454 e. The molecule has 0 radical (unpaired) electrons. The van der Waals surface area contributed by atoms with Crippen LogP contribution in [0.2, 0.25) is 5.02 Å². The van der Waals surface area contributed by atoms with E-state index < -0.39 is 10.0 Å². The summed E-state index contributed by atoms with van der Waals surface area (Å²) < 4.78 is 33.4. The molecule has 148 valence electrons. The molecule has 1 aliphatic heterocycles. The maximum atomic E-state index is 12.6. The highest BCUT2D eigenvalue weighted by Crippen LogP contribution is 2.37. The molecular weight excluding hydrogens is 412 g/mol. The minimum absolute atomic E-state index is 0.233. The molecule has 1 aliphatic rings. The smallest absolute Gasteiger partial charge is 0.259 e. The Hall–Kier alpha value is -3.03. The van der Waals surface area contributed by atoms with Crippen molar-refractivity contribution >= 4 is 38.9 Å². The Kier molecular flexibility index (Phi) is 4.94. The van der Waals surface area contributed by atoms with E-state index in [0.29, 0.717) is 27.8 Å². The highest BCUT2D eigenvalue weighted by Gasteiger charge is 2.22. The number of amides is 1. The van der Waals surface area contributed by atoms with Crippen LogP contribution in [0.5, 0.6) is 11.5 Å². The zero-order valence-corrected chi connectivity index (χ0v) is 17.0. The van der Waals surface area contributed by atoms with Crippen LogP contribution in [-0.4, -0.2) is 14.3 Å². The van der Waals surface area contributed by atoms with E-state index in [1.165, 1.54) is 6.07 Å². The van der Waals surface area contributed by atoms with Crippen LogP contribution in [0, 0.1) is 6.92 Å². The van der Waals surface area contributed by atoms with Crippen LogP contribution >= 0.6 is 11.6 Å². The van der Waals surface area contributed by atoms with Crippen LogP contribution < -0.4 is 14.8 Å². The van der Waals surface area contributed by atoms with E-state index in [0.717, 1.165) is 5.56 Å². The number of fused-ring (bicyclic) bond motifs is 2. The molecule has 8 heteroatoms. The molecule has 4 rings (SSSR count). The van der Waals surface area contributed by atoms with Crippen LogP contribution in [-0.2, 0) is 15.8 Å². The van der Waals surface area contributed by atoms with E-state index in [1.807, 2.05) is 19.1 Å². The van der Waals surface area contributed by atoms with Crippen LogP contribution in [0.3, 0.4) is 0 Å². The first-order valence-corrected chi connectivity index (χ1v) is 10.8. The van der Waals surface area contributed by atoms with Gasteiger partial charge in [-0.2, -0.15) is 0 Å². The molecule has 0 fully saturated rings. The summed E-state index contributed by atoms with van der Waals surface area (Å²) in [6, 6.07) is 16.8. The standard InChI is InChI=1S/C21H17ClN2O4S/c1-13-6-8-20-18(10-13)23-21(25)16-11-15(7-9-19(16)28-20)24-29(26,27)12-14-4-2-3-5-17(14)22/h2-11,24H,12H2,1H3,(H,23,25). The van der Waals surface area contributed by atoms with Gasteiger partial charge in [-0.3, -0.25) is 9.52 Å². The van der Waals surface area contributed by atoms with Crippen LogP contribution in [0.15, 0.2) is 60.7 Å². The molecule has 0 saturated carbocycles. The molecule has 0 aromatic heterocycles. The van der Waals surface area contributed by atoms with E-state index in [-0.39, 0.29) is 22.9 Å². The van der Waals surface area contributed by atoms with Crippen molar-refractivity contribution < 1.29 is 17.9 Å². The van der Waals surface area contributed by atoms with Crippen molar-refractivity contribution in [3.8, 4) is 11.5 Å². The van der Waals surface area contributed by atoms with Gasteiger partial charge in [-0.1, -0.05) is 35.9 Å². The lowest BCUT2D eigenvalue weighted by atomic mass is 10.1. The number of benzene rings is 3. The minimum atomic E-state index is -3.73. The molecule has 3 aromatic rings. The van der Waals surface area contributed by atoms with Gasteiger partial charge in [0.1, 0.15) is 5.75 Å². The summed E-state index contributed by atoms with van der Waals surface area (Å²) in [5, 5.41) is 3.17. The molecule has 3 aromatic carbocycles. The van der Waals surface area contributed by atoms with Crippen molar-refractivity contribution in [3.63, 3.8) is 0 Å². The Balaban J connectivity index is 1.60. The molecule has 6 nitrogen and oxygen atoms in total. The lowest BCUT2D eigenvalue weighted by molar-refractivity contribution is 0.102. The minimum Gasteiger partial charge on any atom is -0.454 e. The molecule has 29 heavy (non-hydrogen) atoms. The Morgan fingerprint density at radius 1 is 1.03 bits per heavy atom.